The Morgan fingerprint density at radius 1 is 1.37 bits per heavy atom. The monoisotopic (exact) mass is 252 g/mol. The quantitative estimate of drug-likeness (QED) is 0.842. The summed E-state index contributed by atoms with van der Waals surface area (Å²) in [5.74, 6) is 0.326. The van der Waals surface area contributed by atoms with Crippen LogP contribution < -0.4 is 5.73 Å². The molecule has 1 aromatic carbocycles. The van der Waals surface area contributed by atoms with E-state index in [9.17, 15) is 4.79 Å². The van der Waals surface area contributed by atoms with Gasteiger partial charge in [-0.25, -0.2) is 4.68 Å². The number of rotatable bonds is 4. The van der Waals surface area contributed by atoms with E-state index >= 15 is 0 Å². The van der Waals surface area contributed by atoms with Crippen molar-refractivity contribution >= 4 is 18.2 Å². The molecule has 0 fully saturated rings. The van der Waals surface area contributed by atoms with Gasteiger partial charge >= 0.3 is 0 Å². The summed E-state index contributed by atoms with van der Waals surface area (Å²) in [5, 5.41) is 12.9. The maximum absolute atomic E-state index is 10.2. The minimum Gasteiger partial charge on any atom is -0.382 e. The van der Waals surface area contributed by atoms with Crippen LogP contribution in [0.2, 0.25) is 0 Å². The van der Waals surface area contributed by atoms with Crippen LogP contribution in [0.4, 0.5) is 5.82 Å². The van der Waals surface area contributed by atoms with Crippen molar-refractivity contribution in [1.29, 1.82) is 5.26 Å². The van der Waals surface area contributed by atoms with Gasteiger partial charge in [-0.15, -0.1) is 0 Å². The minimum atomic E-state index is 0.326. The molecule has 19 heavy (non-hydrogen) atoms. The lowest BCUT2D eigenvalue weighted by molar-refractivity contribution is -0.107. The van der Waals surface area contributed by atoms with Crippen LogP contribution in [0.15, 0.2) is 36.5 Å². The molecule has 0 aliphatic carbocycles. The van der Waals surface area contributed by atoms with Gasteiger partial charge in [-0.2, -0.15) is 10.4 Å². The molecule has 2 rings (SSSR count). The number of nitrogens with zero attached hydrogens (tertiary/aromatic N) is 3. The highest BCUT2D eigenvalue weighted by Crippen LogP contribution is 2.17. The Labute approximate surface area is 110 Å². The van der Waals surface area contributed by atoms with Crippen molar-refractivity contribution in [2.24, 2.45) is 0 Å². The zero-order valence-electron chi connectivity index (χ0n) is 10.2. The number of nitrogens with two attached hydrogens (primary N) is 1. The fourth-order valence-corrected chi connectivity index (χ4v) is 1.64. The molecular weight excluding hydrogens is 240 g/mol. The zero-order chi connectivity index (χ0) is 13.7. The van der Waals surface area contributed by atoms with Gasteiger partial charge in [0.05, 0.1) is 11.9 Å². The van der Waals surface area contributed by atoms with Crippen LogP contribution in [0.5, 0.6) is 0 Å². The highest BCUT2D eigenvalue weighted by molar-refractivity contribution is 5.59. The van der Waals surface area contributed by atoms with Crippen molar-refractivity contribution in [3.8, 4) is 11.8 Å². The van der Waals surface area contributed by atoms with E-state index < -0.39 is 0 Å². The molecule has 2 aromatic rings. The normalized spacial score (nSPS) is 10.5. The van der Waals surface area contributed by atoms with Gasteiger partial charge in [-0.1, -0.05) is 24.3 Å². The van der Waals surface area contributed by atoms with E-state index in [-0.39, 0.29) is 0 Å². The predicted molar refractivity (Wildman–Crippen MR) is 72.4 cm³/mol. The van der Waals surface area contributed by atoms with Gasteiger partial charge < -0.3 is 10.5 Å². The lowest BCUT2D eigenvalue weighted by atomic mass is 10.2. The summed E-state index contributed by atoms with van der Waals surface area (Å²) in [6, 6.07) is 9.47. The number of carbonyl (C=O) groups excluding carboxylic acids is 1. The first-order valence-electron chi connectivity index (χ1n) is 5.70. The average molecular weight is 252 g/mol. The number of aldehydes is 1. The Morgan fingerprint density at radius 3 is 2.68 bits per heavy atom. The fourth-order valence-electron chi connectivity index (χ4n) is 1.64. The van der Waals surface area contributed by atoms with Gasteiger partial charge in [0.25, 0.3) is 0 Å². The van der Waals surface area contributed by atoms with Crippen molar-refractivity contribution in [3.63, 3.8) is 0 Å². The number of hydrogen-bond donors (Lipinski definition) is 1. The van der Waals surface area contributed by atoms with E-state index in [1.165, 1.54) is 10.9 Å². The van der Waals surface area contributed by atoms with Crippen molar-refractivity contribution < 1.29 is 4.79 Å². The van der Waals surface area contributed by atoms with Crippen LogP contribution in [0.3, 0.4) is 0 Å². The SMILES string of the molecule is N#Cc1cnn(-c2ccc(C=CCC=O)cc2)c1N. The van der Waals surface area contributed by atoms with Crippen LogP contribution in [-0.4, -0.2) is 16.1 Å². The number of hydrogen-bond acceptors (Lipinski definition) is 4. The lowest BCUT2D eigenvalue weighted by Crippen LogP contribution is -2.02. The molecule has 0 saturated heterocycles. The second kappa shape index (κ2) is 5.65. The van der Waals surface area contributed by atoms with Gasteiger partial charge in [0.2, 0.25) is 0 Å². The summed E-state index contributed by atoms with van der Waals surface area (Å²) in [6.45, 7) is 0. The molecule has 0 spiro atoms. The first kappa shape index (κ1) is 12.6. The third-order valence-corrected chi connectivity index (χ3v) is 2.61. The Bertz CT molecular complexity index is 647. The van der Waals surface area contributed by atoms with Gasteiger partial charge in [-0.3, -0.25) is 0 Å². The van der Waals surface area contributed by atoms with E-state index in [2.05, 4.69) is 5.10 Å². The number of anilines is 1. The standard InChI is InChI=1S/C14H12N4O/c15-9-12-10-17-18(14(12)16)13-6-4-11(5-7-13)3-1-2-8-19/h1,3-8,10H,2,16H2. The topological polar surface area (TPSA) is 84.7 Å². The first-order valence-corrected chi connectivity index (χ1v) is 5.70. The third kappa shape index (κ3) is 2.69. The van der Waals surface area contributed by atoms with E-state index in [4.69, 9.17) is 11.0 Å². The summed E-state index contributed by atoms with van der Waals surface area (Å²) in [6.07, 6.45) is 6.34. The van der Waals surface area contributed by atoms with Crippen molar-refractivity contribution in [2.75, 3.05) is 5.73 Å². The molecule has 94 valence electrons. The number of aromatic nitrogens is 2. The molecule has 1 aromatic heterocycles. The Balaban J connectivity index is 2.25. The maximum Gasteiger partial charge on any atom is 0.145 e. The smallest absolute Gasteiger partial charge is 0.145 e. The van der Waals surface area contributed by atoms with Crippen LogP contribution >= 0.6 is 0 Å². The molecule has 0 radical (unpaired) electrons. The molecule has 0 atom stereocenters. The molecule has 0 unspecified atom stereocenters. The predicted octanol–water partition coefficient (Wildman–Crippen LogP) is 1.93. The molecule has 2 N–H and O–H groups in total. The largest absolute Gasteiger partial charge is 0.382 e. The highest BCUT2D eigenvalue weighted by Gasteiger charge is 2.07. The number of nitriles is 1. The molecule has 0 aliphatic rings. The molecule has 5 heteroatoms. The lowest BCUT2D eigenvalue weighted by Gasteiger charge is -2.04. The molecule has 0 aliphatic heterocycles. The molecule has 1 heterocycles. The summed E-state index contributed by atoms with van der Waals surface area (Å²) >= 11 is 0. The zero-order valence-corrected chi connectivity index (χ0v) is 10.2. The molecule has 0 bridgehead atoms. The minimum absolute atomic E-state index is 0.326. The average Bonchev–Trinajstić information content (AvgIpc) is 2.81. The van der Waals surface area contributed by atoms with E-state index in [1.807, 2.05) is 36.4 Å². The van der Waals surface area contributed by atoms with Gasteiger partial charge in [-0.05, 0) is 17.7 Å². The van der Waals surface area contributed by atoms with Crippen molar-refractivity contribution in [2.45, 2.75) is 6.42 Å². The molecule has 0 saturated carbocycles. The Kier molecular flexibility index (Phi) is 3.74. The second-order valence-corrected chi connectivity index (χ2v) is 3.86. The first-order chi connectivity index (χ1) is 9.26. The third-order valence-electron chi connectivity index (χ3n) is 2.61. The maximum atomic E-state index is 10.2. The number of benzene rings is 1. The van der Waals surface area contributed by atoms with Gasteiger partial charge in [0.15, 0.2) is 0 Å². The Morgan fingerprint density at radius 2 is 2.11 bits per heavy atom. The van der Waals surface area contributed by atoms with E-state index in [1.54, 1.807) is 6.08 Å². The number of nitrogen functional groups attached to an aromatic ring is 1. The van der Waals surface area contributed by atoms with Gasteiger partial charge in [0.1, 0.15) is 23.7 Å². The number of carbonyl (C=O) groups is 1. The highest BCUT2D eigenvalue weighted by atomic mass is 16.1. The fraction of sp³-hybridized carbons (Fsp3) is 0.0714. The van der Waals surface area contributed by atoms with Crippen LogP contribution in [0.1, 0.15) is 17.5 Å². The summed E-state index contributed by atoms with van der Waals surface area (Å²) in [4.78, 5) is 10.2. The summed E-state index contributed by atoms with van der Waals surface area (Å²) in [5.41, 5.74) is 7.93. The van der Waals surface area contributed by atoms with Gasteiger partial charge in [0, 0.05) is 6.42 Å². The van der Waals surface area contributed by atoms with Crippen molar-refractivity contribution in [3.05, 3.63) is 47.7 Å². The van der Waals surface area contributed by atoms with Crippen LogP contribution in [0, 0.1) is 11.3 Å². The second-order valence-electron chi connectivity index (χ2n) is 3.86. The molecular formula is C14H12N4O. The van der Waals surface area contributed by atoms with E-state index in [0.29, 0.717) is 17.8 Å². The number of allylic oxidation sites excluding steroid dienone is 1. The summed E-state index contributed by atoms with van der Waals surface area (Å²) in [7, 11) is 0. The van der Waals surface area contributed by atoms with Crippen molar-refractivity contribution in [1.82, 2.24) is 9.78 Å². The summed E-state index contributed by atoms with van der Waals surface area (Å²) < 4.78 is 1.51. The van der Waals surface area contributed by atoms with E-state index in [0.717, 1.165) is 17.5 Å². The molecule has 5 nitrogen and oxygen atoms in total. The van der Waals surface area contributed by atoms with Crippen LogP contribution in [0.25, 0.3) is 11.8 Å². The Hall–Kier alpha value is -2.87. The molecule has 0 amide bonds. The van der Waals surface area contributed by atoms with Crippen LogP contribution in [-0.2, 0) is 4.79 Å².